The first-order valence-corrected chi connectivity index (χ1v) is 14.4. The molecule has 3 aromatic carbocycles. The third-order valence-corrected chi connectivity index (χ3v) is 7.21. The number of esters is 1. The van der Waals surface area contributed by atoms with Gasteiger partial charge in [-0.2, -0.15) is 10.1 Å². The van der Waals surface area contributed by atoms with Gasteiger partial charge in [0.15, 0.2) is 18.1 Å². The molecule has 218 valence electrons. The predicted molar refractivity (Wildman–Crippen MR) is 167 cm³/mol. The van der Waals surface area contributed by atoms with E-state index in [1.54, 1.807) is 74.5 Å². The van der Waals surface area contributed by atoms with Crippen molar-refractivity contribution in [3.05, 3.63) is 85.8 Å². The van der Waals surface area contributed by atoms with Crippen molar-refractivity contribution >= 4 is 80.1 Å². The van der Waals surface area contributed by atoms with Crippen LogP contribution in [-0.4, -0.2) is 43.3 Å². The molecule has 0 saturated heterocycles. The highest BCUT2D eigenvalue weighted by atomic mass is 79.9. The van der Waals surface area contributed by atoms with Crippen LogP contribution in [0.2, 0.25) is 10.0 Å². The fourth-order valence-corrected chi connectivity index (χ4v) is 4.82. The Morgan fingerprint density at radius 3 is 2.40 bits per heavy atom. The molecule has 1 aliphatic heterocycles. The first kappa shape index (κ1) is 31.1. The number of hydrazone groups is 1. The van der Waals surface area contributed by atoms with Gasteiger partial charge in [0, 0.05) is 5.69 Å². The van der Waals surface area contributed by atoms with E-state index in [1.165, 1.54) is 5.01 Å². The van der Waals surface area contributed by atoms with Crippen LogP contribution in [0.25, 0.3) is 6.08 Å². The lowest BCUT2D eigenvalue weighted by molar-refractivity contribution is -0.118. The highest BCUT2D eigenvalue weighted by Crippen LogP contribution is 2.38. The Labute approximate surface area is 261 Å². The topological polar surface area (TPSA) is 107 Å². The van der Waals surface area contributed by atoms with Gasteiger partial charge in [0.2, 0.25) is 0 Å². The maximum Gasteiger partial charge on any atom is 0.338 e. The number of carbonyl (C=O) groups excluding carboxylic acids is 3. The van der Waals surface area contributed by atoms with E-state index in [-0.39, 0.29) is 19.1 Å². The van der Waals surface area contributed by atoms with E-state index in [0.29, 0.717) is 66.4 Å². The van der Waals surface area contributed by atoms with E-state index in [9.17, 15) is 14.4 Å². The number of anilines is 2. The Hall–Kier alpha value is -3.86. The molecule has 2 amide bonds. The molecule has 4 rings (SSSR count). The average Bonchev–Trinajstić information content (AvgIpc) is 3.23. The number of benzene rings is 3. The summed E-state index contributed by atoms with van der Waals surface area (Å²) in [7, 11) is 0. The molecule has 0 spiro atoms. The molecule has 0 saturated carbocycles. The van der Waals surface area contributed by atoms with Crippen molar-refractivity contribution in [3.8, 4) is 11.5 Å². The van der Waals surface area contributed by atoms with E-state index >= 15 is 0 Å². The van der Waals surface area contributed by atoms with Crippen molar-refractivity contribution < 1.29 is 28.6 Å². The minimum atomic E-state index is -0.436. The van der Waals surface area contributed by atoms with Gasteiger partial charge in [0.25, 0.3) is 11.8 Å². The van der Waals surface area contributed by atoms with Crippen LogP contribution in [0.4, 0.5) is 11.4 Å². The Kier molecular flexibility index (Phi) is 10.3. The molecule has 3 aromatic rings. The summed E-state index contributed by atoms with van der Waals surface area (Å²) in [5, 5.41) is 9.07. The van der Waals surface area contributed by atoms with Crippen molar-refractivity contribution in [2.45, 2.75) is 20.8 Å². The number of halogens is 3. The molecule has 0 radical (unpaired) electrons. The number of hydrogen-bond donors (Lipinski definition) is 1. The van der Waals surface area contributed by atoms with Gasteiger partial charge in [-0.05, 0) is 103 Å². The third-order valence-electron chi connectivity index (χ3n) is 5.88. The molecule has 9 nitrogen and oxygen atoms in total. The summed E-state index contributed by atoms with van der Waals surface area (Å²) in [6, 6.07) is 14.6. The Bertz CT molecular complexity index is 1590. The van der Waals surface area contributed by atoms with Gasteiger partial charge in [0.05, 0.1) is 50.3 Å². The fraction of sp³-hybridized carbons (Fsp3) is 0.200. The summed E-state index contributed by atoms with van der Waals surface area (Å²) in [6.07, 6.45) is 1.70. The van der Waals surface area contributed by atoms with Crippen LogP contribution < -0.4 is 19.8 Å². The van der Waals surface area contributed by atoms with Crippen molar-refractivity contribution in [1.29, 1.82) is 0 Å². The van der Waals surface area contributed by atoms with Crippen molar-refractivity contribution in [2.24, 2.45) is 5.10 Å². The summed E-state index contributed by atoms with van der Waals surface area (Å²) in [4.78, 5) is 37.6. The fourth-order valence-electron chi connectivity index (χ4n) is 3.96. The van der Waals surface area contributed by atoms with E-state index in [4.69, 9.17) is 37.4 Å². The number of carbonyl (C=O) groups is 3. The number of nitrogens with one attached hydrogen (secondary N) is 1. The number of nitrogens with zero attached hydrogens (tertiary/aromatic N) is 2. The maximum absolute atomic E-state index is 13.2. The van der Waals surface area contributed by atoms with Crippen LogP contribution >= 0.6 is 39.1 Å². The maximum atomic E-state index is 13.2. The van der Waals surface area contributed by atoms with E-state index in [1.807, 2.05) is 6.92 Å². The molecule has 0 aromatic heterocycles. The van der Waals surface area contributed by atoms with Gasteiger partial charge < -0.3 is 19.5 Å². The number of ether oxygens (including phenoxy) is 3. The zero-order chi connectivity index (χ0) is 30.4. The zero-order valence-electron chi connectivity index (χ0n) is 22.9. The quantitative estimate of drug-likeness (QED) is 0.181. The lowest BCUT2D eigenvalue weighted by atomic mass is 10.1. The van der Waals surface area contributed by atoms with Gasteiger partial charge in [-0.25, -0.2) is 4.79 Å². The zero-order valence-corrected chi connectivity index (χ0v) is 26.0. The molecular weight excluding hydrogens is 649 g/mol. The normalized spacial score (nSPS) is 13.7. The number of rotatable bonds is 10. The van der Waals surface area contributed by atoms with Crippen LogP contribution in [0, 0.1) is 0 Å². The molecule has 0 fully saturated rings. The standard InChI is InChI=1S/C30H26BrCl2N3O6/c1-4-40-26-14-18(12-22-17(3)35-36(29(22)38)21-10-11-24(32)25(33)15-21)13-23(31)28(26)42-16-27(37)34-20-8-6-19(7-9-20)30(39)41-5-2/h6-15H,4-5,16H2,1-3H3,(H,34,37). The first-order chi connectivity index (χ1) is 20.1. The summed E-state index contributed by atoms with van der Waals surface area (Å²) in [5.74, 6) is -0.466. The second-order valence-corrected chi connectivity index (χ2v) is 10.5. The van der Waals surface area contributed by atoms with Crippen LogP contribution in [0.1, 0.15) is 36.7 Å². The van der Waals surface area contributed by atoms with Gasteiger partial charge in [0.1, 0.15) is 0 Å². The Balaban J connectivity index is 1.48. The molecule has 0 atom stereocenters. The van der Waals surface area contributed by atoms with Gasteiger partial charge in [-0.15, -0.1) is 0 Å². The van der Waals surface area contributed by atoms with Crippen LogP contribution in [0.5, 0.6) is 11.5 Å². The SMILES string of the molecule is CCOC(=O)c1ccc(NC(=O)COc2c(Br)cc(C=C3C(=O)N(c4ccc(Cl)c(Cl)c4)N=C3C)cc2OCC)cc1. The van der Waals surface area contributed by atoms with E-state index in [0.717, 1.165) is 0 Å². The molecule has 1 aliphatic rings. The van der Waals surface area contributed by atoms with Gasteiger partial charge >= 0.3 is 5.97 Å². The van der Waals surface area contributed by atoms with Crippen LogP contribution in [0.3, 0.4) is 0 Å². The molecule has 1 heterocycles. The van der Waals surface area contributed by atoms with Crippen LogP contribution in [-0.2, 0) is 14.3 Å². The first-order valence-electron chi connectivity index (χ1n) is 12.8. The largest absolute Gasteiger partial charge is 0.490 e. The second-order valence-electron chi connectivity index (χ2n) is 8.86. The molecule has 42 heavy (non-hydrogen) atoms. The van der Waals surface area contributed by atoms with E-state index in [2.05, 4.69) is 26.3 Å². The van der Waals surface area contributed by atoms with E-state index < -0.39 is 11.9 Å². The second kappa shape index (κ2) is 13.9. The molecule has 0 unspecified atom stereocenters. The summed E-state index contributed by atoms with van der Waals surface area (Å²) in [6.45, 7) is 5.60. The predicted octanol–water partition coefficient (Wildman–Crippen LogP) is 7.15. The number of amides is 2. The Morgan fingerprint density at radius 1 is 1.00 bits per heavy atom. The summed E-state index contributed by atoms with van der Waals surface area (Å²) >= 11 is 15.6. The van der Waals surface area contributed by atoms with Crippen molar-refractivity contribution in [2.75, 3.05) is 30.1 Å². The Morgan fingerprint density at radius 2 is 1.74 bits per heavy atom. The van der Waals surface area contributed by atoms with Gasteiger partial charge in [-0.1, -0.05) is 23.2 Å². The lowest BCUT2D eigenvalue weighted by Crippen LogP contribution is -2.21. The van der Waals surface area contributed by atoms with Crippen LogP contribution in [0.15, 0.2) is 69.7 Å². The minimum absolute atomic E-state index is 0.275. The van der Waals surface area contributed by atoms with Gasteiger partial charge in [-0.3, -0.25) is 9.59 Å². The highest BCUT2D eigenvalue weighted by Gasteiger charge is 2.29. The monoisotopic (exact) mass is 673 g/mol. The summed E-state index contributed by atoms with van der Waals surface area (Å²) in [5.41, 5.74) is 2.93. The molecule has 1 N–H and O–H groups in total. The van der Waals surface area contributed by atoms with Crippen molar-refractivity contribution in [3.63, 3.8) is 0 Å². The molecule has 0 aliphatic carbocycles. The third kappa shape index (κ3) is 7.31. The lowest BCUT2D eigenvalue weighted by Gasteiger charge is -2.15. The molecular formula is C30H26BrCl2N3O6. The molecule has 12 heteroatoms. The number of hydrogen-bond acceptors (Lipinski definition) is 7. The average molecular weight is 675 g/mol. The van der Waals surface area contributed by atoms with Crippen molar-refractivity contribution in [1.82, 2.24) is 0 Å². The smallest absolute Gasteiger partial charge is 0.338 e. The minimum Gasteiger partial charge on any atom is -0.490 e. The highest BCUT2D eigenvalue weighted by molar-refractivity contribution is 9.10. The summed E-state index contributed by atoms with van der Waals surface area (Å²) < 4.78 is 17.1. The molecule has 0 bridgehead atoms.